The van der Waals surface area contributed by atoms with Crippen LogP contribution >= 0.6 is 0 Å². The Bertz CT molecular complexity index is 1050. The van der Waals surface area contributed by atoms with E-state index in [1.54, 1.807) is 0 Å². The van der Waals surface area contributed by atoms with E-state index in [2.05, 4.69) is 0 Å². The van der Waals surface area contributed by atoms with Gasteiger partial charge in [-0.2, -0.15) is 0 Å². The van der Waals surface area contributed by atoms with Crippen LogP contribution in [0.4, 0.5) is 0 Å². The van der Waals surface area contributed by atoms with Gasteiger partial charge in [-0.1, -0.05) is 42.5 Å². The van der Waals surface area contributed by atoms with E-state index in [1.807, 2.05) is 60.7 Å². The van der Waals surface area contributed by atoms with Crippen molar-refractivity contribution in [2.45, 2.75) is 0 Å². The van der Waals surface area contributed by atoms with E-state index < -0.39 is 0 Å². The van der Waals surface area contributed by atoms with Crippen LogP contribution in [-0.2, 0) is 0 Å². The van der Waals surface area contributed by atoms with Crippen molar-refractivity contribution >= 4 is 27.7 Å². The van der Waals surface area contributed by atoms with Gasteiger partial charge in [0.25, 0.3) is 0 Å². The minimum Gasteiger partial charge on any atom is -0.456 e. The molecule has 98 valence electrons. The Kier molecular flexibility index (Phi) is 1.87. The molecule has 0 atom stereocenters. The Labute approximate surface area is 120 Å². The quantitative estimate of drug-likeness (QED) is 0.404. The molecule has 1 aliphatic rings. The molecule has 21 heavy (non-hydrogen) atoms. The maximum absolute atomic E-state index is 12.6. The summed E-state index contributed by atoms with van der Waals surface area (Å²) >= 11 is 0. The van der Waals surface area contributed by atoms with Gasteiger partial charge in [0, 0.05) is 27.5 Å². The smallest absolute Gasteiger partial charge is 0.194 e. The van der Waals surface area contributed by atoms with Crippen LogP contribution in [0.25, 0.3) is 33.1 Å². The average molecular weight is 270 g/mol. The van der Waals surface area contributed by atoms with Gasteiger partial charge in [-0.05, 0) is 23.8 Å². The standard InChI is InChI=1S/C19H10O2/c20-19-12-6-2-1-5-11(12)17-14(19)9-10-16-18(17)13-7-3-4-8-15(13)21-16/h1-10H. The van der Waals surface area contributed by atoms with Gasteiger partial charge >= 0.3 is 0 Å². The molecule has 0 saturated heterocycles. The van der Waals surface area contributed by atoms with Gasteiger partial charge in [0.05, 0.1) is 0 Å². The summed E-state index contributed by atoms with van der Waals surface area (Å²) < 4.78 is 5.92. The molecular weight excluding hydrogens is 260 g/mol. The lowest BCUT2D eigenvalue weighted by atomic mass is 9.99. The number of hydrogen-bond acceptors (Lipinski definition) is 2. The van der Waals surface area contributed by atoms with Gasteiger partial charge in [-0.3, -0.25) is 4.79 Å². The zero-order chi connectivity index (χ0) is 14.0. The summed E-state index contributed by atoms with van der Waals surface area (Å²) in [5, 5.41) is 2.11. The summed E-state index contributed by atoms with van der Waals surface area (Å²) in [6.45, 7) is 0. The molecule has 0 aliphatic heterocycles. The topological polar surface area (TPSA) is 30.2 Å². The van der Waals surface area contributed by atoms with Gasteiger partial charge in [-0.25, -0.2) is 0 Å². The van der Waals surface area contributed by atoms with Crippen LogP contribution in [0.2, 0.25) is 0 Å². The fourth-order valence-electron chi connectivity index (χ4n) is 3.33. The monoisotopic (exact) mass is 270 g/mol. The normalized spacial score (nSPS) is 12.9. The zero-order valence-electron chi connectivity index (χ0n) is 11.1. The summed E-state index contributed by atoms with van der Waals surface area (Å²) in [6.07, 6.45) is 0. The SMILES string of the molecule is O=C1c2ccccc2-c2c1ccc1oc3ccccc3c21. The van der Waals surface area contributed by atoms with E-state index >= 15 is 0 Å². The van der Waals surface area contributed by atoms with Crippen molar-refractivity contribution in [3.8, 4) is 11.1 Å². The number of carbonyl (C=O) groups is 1. The predicted octanol–water partition coefficient (Wildman–Crippen LogP) is 4.80. The molecule has 0 N–H and O–H groups in total. The second-order valence-corrected chi connectivity index (χ2v) is 5.33. The van der Waals surface area contributed by atoms with Crippen molar-refractivity contribution in [2.75, 3.05) is 0 Å². The van der Waals surface area contributed by atoms with E-state index in [-0.39, 0.29) is 5.78 Å². The maximum Gasteiger partial charge on any atom is 0.194 e. The first-order valence-corrected chi connectivity index (χ1v) is 6.93. The second kappa shape index (κ2) is 3.61. The van der Waals surface area contributed by atoms with Crippen molar-refractivity contribution in [1.29, 1.82) is 0 Å². The largest absolute Gasteiger partial charge is 0.456 e. The molecule has 2 heteroatoms. The van der Waals surface area contributed by atoms with Gasteiger partial charge < -0.3 is 4.42 Å². The van der Waals surface area contributed by atoms with E-state index in [4.69, 9.17) is 4.42 Å². The van der Waals surface area contributed by atoms with Crippen molar-refractivity contribution < 1.29 is 9.21 Å². The molecule has 0 saturated carbocycles. The Morgan fingerprint density at radius 2 is 1.43 bits per heavy atom. The number of furan rings is 1. The minimum atomic E-state index is 0.104. The lowest BCUT2D eigenvalue weighted by molar-refractivity contribution is 0.104. The average Bonchev–Trinajstić information content (AvgIpc) is 3.04. The van der Waals surface area contributed by atoms with Gasteiger partial charge in [-0.15, -0.1) is 0 Å². The second-order valence-electron chi connectivity index (χ2n) is 5.33. The Balaban J connectivity index is 2.06. The molecule has 2 nitrogen and oxygen atoms in total. The lowest BCUT2D eigenvalue weighted by Crippen LogP contribution is -1.93. The number of benzene rings is 3. The highest BCUT2D eigenvalue weighted by molar-refractivity contribution is 6.28. The molecule has 4 aromatic rings. The Morgan fingerprint density at radius 1 is 0.667 bits per heavy atom. The van der Waals surface area contributed by atoms with Crippen LogP contribution in [-0.4, -0.2) is 5.78 Å². The fraction of sp³-hybridized carbons (Fsp3) is 0. The van der Waals surface area contributed by atoms with E-state index in [0.717, 1.165) is 44.2 Å². The number of carbonyl (C=O) groups excluding carboxylic acids is 1. The van der Waals surface area contributed by atoms with E-state index in [0.29, 0.717) is 0 Å². The molecule has 0 fully saturated rings. The first-order valence-electron chi connectivity index (χ1n) is 6.93. The van der Waals surface area contributed by atoms with Crippen molar-refractivity contribution in [3.63, 3.8) is 0 Å². The molecule has 5 rings (SSSR count). The van der Waals surface area contributed by atoms with Crippen LogP contribution in [0, 0.1) is 0 Å². The molecule has 1 aliphatic carbocycles. The van der Waals surface area contributed by atoms with Gasteiger partial charge in [0.15, 0.2) is 5.78 Å². The highest BCUT2D eigenvalue weighted by Gasteiger charge is 2.29. The van der Waals surface area contributed by atoms with Crippen molar-refractivity contribution in [1.82, 2.24) is 0 Å². The summed E-state index contributed by atoms with van der Waals surface area (Å²) in [6, 6.07) is 19.5. The first-order chi connectivity index (χ1) is 10.3. The summed E-state index contributed by atoms with van der Waals surface area (Å²) in [4.78, 5) is 12.6. The number of fused-ring (bicyclic) bond motifs is 7. The molecule has 3 aromatic carbocycles. The number of ketones is 1. The van der Waals surface area contributed by atoms with Crippen molar-refractivity contribution in [2.24, 2.45) is 0 Å². The van der Waals surface area contributed by atoms with E-state index in [1.165, 1.54) is 0 Å². The van der Waals surface area contributed by atoms with Gasteiger partial charge in [0.2, 0.25) is 0 Å². The van der Waals surface area contributed by atoms with Crippen LogP contribution in [0.5, 0.6) is 0 Å². The number of para-hydroxylation sites is 1. The lowest BCUT2D eigenvalue weighted by Gasteiger charge is -2.01. The number of hydrogen-bond donors (Lipinski definition) is 0. The third-order valence-corrected chi connectivity index (χ3v) is 4.23. The van der Waals surface area contributed by atoms with Crippen LogP contribution in [0.15, 0.2) is 65.1 Å². The molecule has 0 bridgehead atoms. The summed E-state index contributed by atoms with van der Waals surface area (Å²) in [5.41, 5.74) is 5.27. The first kappa shape index (κ1) is 10.9. The molecule has 0 spiro atoms. The Morgan fingerprint density at radius 3 is 2.33 bits per heavy atom. The molecular formula is C19H10O2. The molecule has 1 aromatic heterocycles. The van der Waals surface area contributed by atoms with Crippen molar-refractivity contribution in [3.05, 3.63) is 71.8 Å². The molecule has 0 amide bonds. The highest BCUT2D eigenvalue weighted by Crippen LogP contribution is 2.44. The third-order valence-electron chi connectivity index (χ3n) is 4.23. The third kappa shape index (κ3) is 1.24. The maximum atomic E-state index is 12.6. The highest BCUT2D eigenvalue weighted by atomic mass is 16.3. The van der Waals surface area contributed by atoms with Gasteiger partial charge in [0.1, 0.15) is 11.2 Å². The molecule has 0 radical (unpaired) electrons. The van der Waals surface area contributed by atoms with E-state index in [9.17, 15) is 4.79 Å². The van der Waals surface area contributed by atoms with Crippen LogP contribution in [0.3, 0.4) is 0 Å². The fourth-order valence-corrected chi connectivity index (χ4v) is 3.33. The summed E-state index contributed by atoms with van der Waals surface area (Å²) in [5.74, 6) is 0.104. The number of rotatable bonds is 0. The Hall–Kier alpha value is -2.87. The molecule has 1 heterocycles. The zero-order valence-corrected chi connectivity index (χ0v) is 11.1. The minimum absolute atomic E-state index is 0.104. The van der Waals surface area contributed by atoms with Crippen LogP contribution in [0.1, 0.15) is 15.9 Å². The molecule has 0 unspecified atom stereocenters. The van der Waals surface area contributed by atoms with Crippen LogP contribution < -0.4 is 0 Å². The summed E-state index contributed by atoms with van der Waals surface area (Å²) in [7, 11) is 0. The predicted molar refractivity (Wildman–Crippen MR) is 82.6 cm³/mol.